The van der Waals surface area contributed by atoms with Crippen molar-refractivity contribution in [1.29, 1.82) is 0 Å². The number of benzene rings is 1. The molecule has 170 valence electrons. The molecule has 1 aromatic rings. The summed E-state index contributed by atoms with van der Waals surface area (Å²) in [4.78, 5) is -0.178. The van der Waals surface area contributed by atoms with E-state index in [0.717, 1.165) is 11.4 Å². The van der Waals surface area contributed by atoms with Gasteiger partial charge in [0.1, 0.15) is 10.1 Å². The van der Waals surface area contributed by atoms with Crippen LogP contribution in [0.2, 0.25) is 0 Å². The van der Waals surface area contributed by atoms with E-state index in [1.807, 2.05) is 6.92 Å². The van der Waals surface area contributed by atoms with Crippen molar-refractivity contribution in [3.63, 3.8) is 0 Å². The van der Waals surface area contributed by atoms with E-state index in [1.54, 1.807) is 12.1 Å². The highest BCUT2D eigenvalue weighted by atomic mass is 35.5. The van der Waals surface area contributed by atoms with Crippen LogP contribution in [0.5, 0.6) is 0 Å². The molecule has 0 aromatic heterocycles. The number of rotatable bonds is 14. The number of unbranched alkanes of at least 4 members (excludes halogenated alkanes) is 6. The number of alkyl halides is 1. The summed E-state index contributed by atoms with van der Waals surface area (Å²) in [5.41, 5.74) is 0.928. The van der Waals surface area contributed by atoms with Crippen molar-refractivity contribution >= 4 is 21.7 Å². The average Bonchev–Trinajstić information content (AvgIpc) is 2.66. The first-order valence-corrected chi connectivity index (χ1v) is 13.0. The van der Waals surface area contributed by atoms with Gasteiger partial charge >= 0.3 is 0 Å². The third-order valence-corrected chi connectivity index (χ3v) is 6.36. The molecule has 0 heterocycles. The Bertz CT molecular complexity index is 608. The Labute approximate surface area is 185 Å². The van der Waals surface area contributed by atoms with Crippen molar-refractivity contribution in [3.05, 3.63) is 29.8 Å². The van der Waals surface area contributed by atoms with E-state index in [1.165, 1.54) is 94.0 Å². The molecule has 1 rings (SSSR count). The Morgan fingerprint density at radius 3 is 1.72 bits per heavy atom. The van der Waals surface area contributed by atoms with Gasteiger partial charge in [0, 0.05) is 5.88 Å². The molecule has 0 bridgehead atoms. The monoisotopic (exact) mass is 447 g/mol. The minimum Gasteiger partial charge on any atom is -0.744 e. The Kier molecular flexibility index (Phi) is 15.8. The van der Waals surface area contributed by atoms with Gasteiger partial charge in [-0.1, -0.05) is 50.8 Å². The quantitative estimate of drug-likeness (QED) is 0.149. The topological polar surface area (TPSA) is 57.2 Å². The molecular weight excluding hydrogens is 406 g/mol. The average molecular weight is 448 g/mol. The maximum atomic E-state index is 10.4. The third kappa shape index (κ3) is 14.9. The number of hydrogen-bond donors (Lipinski definition) is 0. The molecule has 0 saturated carbocycles. The first-order valence-electron chi connectivity index (χ1n) is 11.1. The van der Waals surface area contributed by atoms with Gasteiger partial charge in [-0.05, 0) is 57.6 Å². The van der Waals surface area contributed by atoms with E-state index < -0.39 is 10.1 Å². The predicted molar refractivity (Wildman–Crippen MR) is 124 cm³/mol. The molecule has 1 aromatic carbocycles. The molecule has 0 aliphatic rings. The summed E-state index contributed by atoms with van der Waals surface area (Å²) < 4.78 is 32.4. The maximum Gasteiger partial charge on any atom is 0.124 e. The van der Waals surface area contributed by atoms with Gasteiger partial charge in [0.2, 0.25) is 0 Å². The molecule has 0 aliphatic heterocycles. The van der Waals surface area contributed by atoms with Crippen molar-refractivity contribution < 1.29 is 17.5 Å². The van der Waals surface area contributed by atoms with Gasteiger partial charge in [-0.15, -0.1) is 11.6 Å². The molecule has 0 amide bonds. The lowest BCUT2D eigenvalue weighted by Crippen LogP contribution is -2.46. The summed E-state index contributed by atoms with van der Waals surface area (Å²) in [6.07, 6.45) is 12.1. The van der Waals surface area contributed by atoms with Crippen LogP contribution in [-0.2, 0) is 10.1 Å². The third-order valence-electron chi connectivity index (χ3n) is 5.24. The Balaban J connectivity index is 0.000000604. The standard InChI is InChI=1S/C16H35ClN.C7H8O3S/c1-4-6-8-11-15-18(3,14-10-7-5-2)16-12-9-13-17;1-6-2-4-7(5-3-6)11(8,9)10/h4-16H2,1-3H3;2-5H,1H3,(H,8,9,10)/q+1;/p-1. The van der Waals surface area contributed by atoms with Crippen LogP contribution in [0.1, 0.15) is 77.2 Å². The van der Waals surface area contributed by atoms with Gasteiger partial charge in [0.25, 0.3) is 0 Å². The molecule has 1 unspecified atom stereocenters. The highest BCUT2D eigenvalue weighted by Gasteiger charge is 2.19. The van der Waals surface area contributed by atoms with Crippen LogP contribution in [0.3, 0.4) is 0 Å². The minimum absolute atomic E-state index is 0.178. The molecule has 4 nitrogen and oxygen atoms in total. The highest BCUT2D eigenvalue weighted by Crippen LogP contribution is 2.13. The minimum atomic E-state index is -4.27. The fourth-order valence-corrected chi connectivity index (χ4v) is 3.95. The van der Waals surface area contributed by atoms with Crippen molar-refractivity contribution in [2.75, 3.05) is 32.6 Å². The predicted octanol–water partition coefficient (Wildman–Crippen LogP) is 6.12. The lowest BCUT2D eigenvalue weighted by molar-refractivity contribution is -0.910. The zero-order valence-electron chi connectivity index (χ0n) is 19.0. The van der Waals surface area contributed by atoms with E-state index >= 15 is 0 Å². The van der Waals surface area contributed by atoms with Crippen LogP contribution in [-0.4, -0.2) is 50.0 Å². The van der Waals surface area contributed by atoms with Crippen LogP contribution in [0.4, 0.5) is 0 Å². The lowest BCUT2D eigenvalue weighted by Gasteiger charge is -2.35. The van der Waals surface area contributed by atoms with Crippen LogP contribution >= 0.6 is 11.6 Å². The number of hydrogen-bond acceptors (Lipinski definition) is 3. The molecule has 0 radical (unpaired) electrons. The molecule has 0 N–H and O–H groups in total. The smallest absolute Gasteiger partial charge is 0.124 e. The fourth-order valence-electron chi connectivity index (χ4n) is 3.29. The van der Waals surface area contributed by atoms with Gasteiger partial charge in [-0.25, -0.2) is 8.42 Å². The molecule has 1 atom stereocenters. The van der Waals surface area contributed by atoms with Crippen molar-refractivity contribution in [2.24, 2.45) is 0 Å². The van der Waals surface area contributed by atoms with Crippen LogP contribution in [0.25, 0.3) is 0 Å². The zero-order valence-corrected chi connectivity index (χ0v) is 20.5. The molecule has 6 heteroatoms. The number of nitrogens with zero attached hydrogens (tertiary/aromatic N) is 1. The molecule has 0 aliphatic carbocycles. The van der Waals surface area contributed by atoms with Crippen molar-refractivity contribution in [3.8, 4) is 0 Å². The molecule has 29 heavy (non-hydrogen) atoms. The van der Waals surface area contributed by atoms with Crippen LogP contribution < -0.4 is 0 Å². The van der Waals surface area contributed by atoms with Crippen LogP contribution in [0.15, 0.2) is 29.2 Å². The van der Waals surface area contributed by atoms with Gasteiger partial charge in [-0.3, -0.25) is 0 Å². The summed E-state index contributed by atoms with van der Waals surface area (Å²) in [6.45, 7) is 10.5. The van der Waals surface area contributed by atoms with Crippen molar-refractivity contribution in [1.82, 2.24) is 0 Å². The normalized spacial score (nSPS) is 13.4. The van der Waals surface area contributed by atoms with E-state index in [2.05, 4.69) is 20.9 Å². The Morgan fingerprint density at radius 2 is 1.28 bits per heavy atom. The lowest BCUT2D eigenvalue weighted by atomic mass is 10.1. The van der Waals surface area contributed by atoms with Gasteiger partial charge in [-0.2, -0.15) is 0 Å². The van der Waals surface area contributed by atoms with E-state index in [9.17, 15) is 13.0 Å². The largest absolute Gasteiger partial charge is 0.744 e. The number of halogens is 1. The van der Waals surface area contributed by atoms with Gasteiger partial charge in [0.15, 0.2) is 0 Å². The first kappa shape index (κ1) is 28.4. The molecule has 0 spiro atoms. The maximum absolute atomic E-state index is 10.4. The summed E-state index contributed by atoms with van der Waals surface area (Å²) in [5.74, 6) is 0.824. The summed E-state index contributed by atoms with van der Waals surface area (Å²) in [6, 6.07) is 5.78. The van der Waals surface area contributed by atoms with Gasteiger partial charge < -0.3 is 9.04 Å². The molecule has 0 saturated heterocycles. The Hall–Kier alpha value is -0.620. The Morgan fingerprint density at radius 1 is 0.828 bits per heavy atom. The van der Waals surface area contributed by atoms with E-state index in [-0.39, 0.29) is 4.90 Å². The second kappa shape index (κ2) is 16.1. The van der Waals surface area contributed by atoms with Gasteiger partial charge in [0.05, 0.1) is 31.6 Å². The summed E-state index contributed by atoms with van der Waals surface area (Å²) in [5, 5.41) is 0. The van der Waals surface area contributed by atoms with E-state index in [0.29, 0.717) is 0 Å². The van der Waals surface area contributed by atoms with Crippen LogP contribution in [0, 0.1) is 6.92 Å². The molecular formula is C23H42ClNO3S. The number of aryl methyl sites for hydroxylation is 1. The van der Waals surface area contributed by atoms with E-state index in [4.69, 9.17) is 11.6 Å². The second-order valence-corrected chi connectivity index (χ2v) is 9.98. The van der Waals surface area contributed by atoms with Crippen molar-refractivity contribution in [2.45, 2.75) is 83.5 Å². The summed E-state index contributed by atoms with van der Waals surface area (Å²) in [7, 11) is -1.82. The fraction of sp³-hybridized carbons (Fsp3) is 0.739. The zero-order chi connectivity index (χ0) is 22.2. The number of quaternary nitrogens is 1. The molecule has 0 fully saturated rings. The first-order chi connectivity index (χ1) is 13.7. The summed E-state index contributed by atoms with van der Waals surface area (Å²) >= 11 is 5.80. The second-order valence-electron chi connectivity index (χ2n) is 8.22. The highest BCUT2D eigenvalue weighted by molar-refractivity contribution is 7.85. The SMILES string of the molecule is CCCCCC[N+](C)(CCCCC)CCCCCl.Cc1ccc(S(=O)(=O)[O-])cc1.